The summed E-state index contributed by atoms with van der Waals surface area (Å²) in [5.74, 6) is 0.286. The van der Waals surface area contributed by atoms with Crippen molar-refractivity contribution < 1.29 is 9.59 Å². The van der Waals surface area contributed by atoms with Crippen LogP contribution in [0.2, 0.25) is 0 Å². The summed E-state index contributed by atoms with van der Waals surface area (Å²) < 4.78 is 1.79. The van der Waals surface area contributed by atoms with Crippen LogP contribution in [0.15, 0.2) is 36.5 Å². The Balaban J connectivity index is 1.46. The Kier molecular flexibility index (Phi) is 5.69. The average Bonchev–Trinajstić information content (AvgIpc) is 3.19. The fourth-order valence-electron chi connectivity index (χ4n) is 4.27. The molecule has 2 fully saturated rings. The molecule has 2 aliphatic rings. The van der Waals surface area contributed by atoms with Crippen molar-refractivity contribution in [2.45, 2.75) is 51.1 Å². The Morgan fingerprint density at radius 2 is 1.93 bits per heavy atom. The van der Waals surface area contributed by atoms with Crippen LogP contribution in [0.3, 0.4) is 0 Å². The maximum atomic E-state index is 13.1. The number of nitrogens with zero attached hydrogens (tertiary/aromatic N) is 4. The SMILES string of the molecule is O=C1NCCN(C(=O)c2cn(CC3CCCCC3)nn2)C1Cc1ccccc1. The summed E-state index contributed by atoms with van der Waals surface area (Å²) in [4.78, 5) is 27.2. The van der Waals surface area contributed by atoms with Crippen LogP contribution in [0.25, 0.3) is 0 Å². The van der Waals surface area contributed by atoms with E-state index in [0.29, 0.717) is 31.1 Å². The zero-order chi connectivity index (χ0) is 19.3. The fourth-order valence-corrected chi connectivity index (χ4v) is 4.27. The number of hydrogen-bond donors (Lipinski definition) is 1. The van der Waals surface area contributed by atoms with Crippen LogP contribution < -0.4 is 5.32 Å². The highest BCUT2D eigenvalue weighted by molar-refractivity contribution is 5.96. The Bertz CT molecular complexity index is 813. The predicted molar refractivity (Wildman–Crippen MR) is 105 cm³/mol. The standard InChI is InChI=1S/C21H27N5O2/c27-20-19(13-16-7-3-1-4-8-16)26(12-11-22-20)21(28)18-15-25(24-23-18)14-17-9-5-2-6-10-17/h1,3-4,7-8,15,17,19H,2,5-6,9-14H2,(H,22,27). The summed E-state index contributed by atoms with van der Waals surface area (Å²) in [6.07, 6.45) is 8.53. The quantitative estimate of drug-likeness (QED) is 0.860. The highest BCUT2D eigenvalue weighted by Gasteiger charge is 2.34. The topological polar surface area (TPSA) is 80.1 Å². The van der Waals surface area contributed by atoms with E-state index in [0.717, 1.165) is 12.1 Å². The van der Waals surface area contributed by atoms with Crippen molar-refractivity contribution in [3.05, 3.63) is 47.8 Å². The molecule has 0 radical (unpaired) electrons. The summed E-state index contributed by atoms with van der Waals surface area (Å²) in [7, 11) is 0. The van der Waals surface area contributed by atoms with Gasteiger partial charge in [-0.05, 0) is 24.3 Å². The Morgan fingerprint density at radius 3 is 2.71 bits per heavy atom. The van der Waals surface area contributed by atoms with Gasteiger partial charge in [-0.25, -0.2) is 0 Å². The number of nitrogens with one attached hydrogen (secondary N) is 1. The summed E-state index contributed by atoms with van der Waals surface area (Å²) in [6.45, 7) is 1.76. The van der Waals surface area contributed by atoms with Gasteiger partial charge in [-0.15, -0.1) is 5.10 Å². The van der Waals surface area contributed by atoms with E-state index in [2.05, 4.69) is 15.6 Å². The molecule has 4 rings (SSSR count). The van der Waals surface area contributed by atoms with Gasteiger partial charge in [0, 0.05) is 26.1 Å². The van der Waals surface area contributed by atoms with Crippen LogP contribution in [-0.2, 0) is 17.8 Å². The molecule has 1 atom stereocenters. The first-order valence-electron chi connectivity index (χ1n) is 10.2. The number of carbonyl (C=O) groups is 2. The van der Waals surface area contributed by atoms with Gasteiger partial charge in [0.15, 0.2) is 5.69 Å². The molecule has 1 aliphatic heterocycles. The van der Waals surface area contributed by atoms with Crippen molar-refractivity contribution in [2.75, 3.05) is 13.1 Å². The van der Waals surface area contributed by atoms with Gasteiger partial charge >= 0.3 is 0 Å². The van der Waals surface area contributed by atoms with Crippen molar-refractivity contribution in [1.29, 1.82) is 0 Å². The van der Waals surface area contributed by atoms with Gasteiger partial charge in [0.1, 0.15) is 6.04 Å². The minimum Gasteiger partial charge on any atom is -0.353 e. The molecule has 2 aromatic rings. The van der Waals surface area contributed by atoms with Crippen molar-refractivity contribution in [3.8, 4) is 0 Å². The zero-order valence-corrected chi connectivity index (χ0v) is 16.1. The lowest BCUT2D eigenvalue weighted by atomic mass is 9.89. The van der Waals surface area contributed by atoms with Gasteiger partial charge in [0.25, 0.3) is 5.91 Å². The Hall–Kier alpha value is -2.70. The summed E-state index contributed by atoms with van der Waals surface area (Å²) >= 11 is 0. The van der Waals surface area contributed by atoms with Crippen LogP contribution in [0, 0.1) is 5.92 Å². The van der Waals surface area contributed by atoms with Crippen LogP contribution in [0.1, 0.15) is 48.2 Å². The maximum absolute atomic E-state index is 13.1. The van der Waals surface area contributed by atoms with E-state index in [9.17, 15) is 9.59 Å². The number of piperazine rings is 1. The molecule has 1 saturated carbocycles. The van der Waals surface area contributed by atoms with Crippen LogP contribution in [0.4, 0.5) is 0 Å². The molecular formula is C21H27N5O2. The van der Waals surface area contributed by atoms with Gasteiger partial charge in [0.05, 0.1) is 6.20 Å². The average molecular weight is 381 g/mol. The normalized spacial score (nSPS) is 20.8. The summed E-state index contributed by atoms with van der Waals surface area (Å²) in [5.41, 5.74) is 1.35. The van der Waals surface area contributed by atoms with E-state index in [1.807, 2.05) is 30.3 Å². The molecule has 2 heterocycles. The predicted octanol–water partition coefficient (Wildman–Crippen LogP) is 2.04. The number of benzene rings is 1. The molecule has 7 heteroatoms. The molecule has 0 bridgehead atoms. The first-order chi connectivity index (χ1) is 13.7. The minimum absolute atomic E-state index is 0.113. The van der Waals surface area contributed by atoms with E-state index in [1.54, 1.807) is 15.8 Å². The summed E-state index contributed by atoms with van der Waals surface area (Å²) in [5, 5.41) is 11.2. The monoisotopic (exact) mass is 381 g/mol. The van der Waals surface area contributed by atoms with Gasteiger partial charge < -0.3 is 10.2 Å². The number of amides is 2. The molecule has 1 saturated heterocycles. The Labute approximate surface area is 165 Å². The largest absolute Gasteiger partial charge is 0.353 e. The van der Waals surface area contributed by atoms with Crippen LogP contribution in [0.5, 0.6) is 0 Å². The molecule has 1 aliphatic carbocycles. The van der Waals surface area contributed by atoms with Gasteiger partial charge in [-0.1, -0.05) is 54.8 Å². The first kappa shape index (κ1) is 18.7. The van der Waals surface area contributed by atoms with Gasteiger partial charge in [-0.2, -0.15) is 0 Å². The lowest BCUT2D eigenvalue weighted by Crippen LogP contribution is -2.58. The number of aromatic nitrogens is 3. The van der Waals surface area contributed by atoms with E-state index >= 15 is 0 Å². The molecule has 28 heavy (non-hydrogen) atoms. The highest BCUT2D eigenvalue weighted by Crippen LogP contribution is 2.25. The van der Waals surface area contributed by atoms with E-state index in [1.165, 1.54) is 32.1 Å². The lowest BCUT2D eigenvalue weighted by Gasteiger charge is -2.34. The highest BCUT2D eigenvalue weighted by atomic mass is 16.2. The third-order valence-electron chi connectivity index (χ3n) is 5.79. The third kappa shape index (κ3) is 4.24. The molecule has 1 aromatic heterocycles. The second-order valence-electron chi connectivity index (χ2n) is 7.82. The van der Waals surface area contributed by atoms with Gasteiger partial charge in [0.2, 0.25) is 5.91 Å². The summed E-state index contributed by atoms with van der Waals surface area (Å²) in [6, 6.07) is 9.26. The Morgan fingerprint density at radius 1 is 1.14 bits per heavy atom. The second-order valence-corrected chi connectivity index (χ2v) is 7.82. The van der Waals surface area contributed by atoms with Crippen LogP contribution >= 0.6 is 0 Å². The molecule has 0 spiro atoms. The number of hydrogen-bond acceptors (Lipinski definition) is 4. The molecule has 2 amide bonds. The molecule has 1 unspecified atom stereocenters. The van der Waals surface area contributed by atoms with Crippen molar-refractivity contribution >= 4 is 11.8 Å². The lowest BCUT2D eigenvalue weighted by molar-refractivity contribution is -0.127. The molecule has 1 aromatic carbocycles. The number of rotatable bonds is 5. The smallest absolute Gasteiger partial charge is 0.276 e. The van der Waals surface area contributed by atoms with Crippen molar-refractivity contribution in [1.82, 2.24) is 25.2 Å². The van der Waals surface area contributed by atoms with Gasteiger partial charge in [-0.3, -0.25) is 14.3 Å². The van der Waals surface area contributed by atoms with E-state index < -0.39 is 6.04 Å². The number of carbonyl (C=O) groups excluding carboxylic acids is 2. The molecular weight excluding hydrogens is 354 g/mol. The molecule has 7 nitrogen and oxygen atoms in total. The molecule has 1 N–H and O–H groups in total. The molecule has 148 valence electrons. The van der Waals surface area contributed by atoms with Crippen LogP contribution in [-0.4, -0.2) is 50.8 Å². The zero-order valence-electron chi connectivity index (χ0n) is 16.1. The second kappa shape index (κ2) is 8.54. The fraction of sp³-hybridized carbons (Fsp3) is 0.524. The minimum atomic E-state index is -0.521. The first-order valence-corrected chi connectivity index (χ1v) is 10.2. The van der Waals surface area contributed by atoms with E-state index in [-0.39, 0.29) is 11.8 Å². The van der Waals surface area contributed by atoms with Crippen molar-refractivity contribution in [2.24, 2.45) is 5.92 Å². The van der Waals surface area contributed by atoms with Crippen molar-refractivity contribution in [3.63, 3.8) is 0 Å². The maximum Gasteiger partial charge on any atom is 0.276 e. The van der Waals surface area contributed by atoms with E-state index in [4.69, 9.17) is 0 Å². The third-order valence-corrected chi connectivity index (χ3v) is 5.79.